The van der Waals surface area contributed by atoms with E-state index in [4.69, 9.17) is 4.74 Å². The van der Waals surface area contributed by atoms with Crippen LogP contribution in [0, 0.1) is 5.41 Å². The van der Waals surface area contributed by atoms with Crippen molar-refractivity contribution in [2.24, 2.45) is 5.41 Å². The summed E-state index contributed by atoms with van der Waals surface area (Å²) in [5.74, 6) is 0. The second-order valence-corrected chi connectivity index (χ2v) is 5.99. The van der Waals surface area contributed by atoms with Crippen LogP contribution < -0.4 is 5.32 Å². The lowest BCUT2D eigenvalue weighted by molar-refractivity contribution is -0.128. The first-order valence-corrected chi connectivity index (χ1v) is 7.44. The Morgan fingerprint density at radius 2 is 2.26 bits per heavy atom. The summed E-state index contributed by atoms with van der Waals surface area (Å²) >= 11 is 0. The van der Waals surface area contributed by atoms with Gasteiger partial charge in [-0.05, 0) is 26.3 Å². The van der Waals surface area contributed by atoms with Crippen molar-refractivity contribution < 1.29 is 4.74 Å². The van der Waals surface area contributed by atoms with Crippen molar-refractivity contribution in [3.63, 3.8) is 0 Å². The molecule has 4 heteroatoms. The number of hydrogen-bond acceptors (Lipinski definition) is 3. The molecule has 1 aliphatic carbocycles. The van der Waals surface area contributed by atoms with E-state index in [2.05, 4.69) is 42.6 Å². The summed E-state index contributed by atoms with van der Waals surface area (Å²) in [5, 5.41) is 3.45. The predicted molar refractivity (Wildman–Crippen MR) is 77.1 cm³/mol. The quantitative estimate of drug-likeness (QED) is 0.771. The predicted octanol–water partition coefficient (Wildman–Crippen LogP) is 2.76. The van der Waals surface area contributed by atoms with E-state index >= 15 is 0 Å². The van der Waals surface area contributed by atoms with Crippen molar-refractivity contribution in [3.8, 4) is 0 Å². The van der Waals surface area contributed by atoms with Gasteiger partial charge in [0.05, 0.1) is 18.1 Å². The molecule has 19 heavy (non-hydrogen) atoms. The monoisotopic (exact) mass is 265 g/mol. The molecule has 108 valence electrons. The van der Waals surface area contributed by atoms with Gasteiger partial charge >= 0.3 is 0 Å². The molecule has 0 aliphatic heterocycles. The maximum absolute atomic E-state index is 5.81. The van der Waals surface area contributed by atoms with E-state index in [9.17, 15) is 0 Å². The normalized spacial score (nSPS) is 25.3. The highest BCUT2D eigenvalue weighted by Crippen LogP contribution is 2.51. The molecule has 1 fully saturated rings. The molecular formula is C15H27N3O. The van der Waals surface area contributed by atoms with Crippen molar-refractivity contribution in [2.45, 2.75) is 59.2 Å². The third-order valence-electron chi connectivity index (χ3n) is 4.31. The highest BCUT2D eigenvalue weighted by molar-refractivity contribution is 5.09. The molecule has 1 saturated carbocycles. The average molecular weight is 265 g/mol. The highest BCUT2D eigenvalue weighted by Gasteiger charge is 2.50. The molecule has 1 N–H and O–H groups in total. The van der Waals surface area contributed by atoms with Gasteiger partial charge in [-0.3, -0.25) is 0 Å². The molecule has 1 aromatic rings. The first-order chi connectivity index (χ1) is 9.11. The van der Waals surface area contributed by atoms with Gasteiger partial charge in [-0.1, -0.05) is 20.8 Å². The zero-order valence-electron chi connectivity index (χ0n) is 12.6. The molecule has 1 aliphatic rings. The molecule has 1 aromatic heterocycles. The molecule has 0 saturated heterocycles. The lowest BCUT2D eigenvalue weighted by Gasteiger charge is -2.52. The maximum atomic E-state index is 5.81. The Bertz CT molecular complexity index is 400. The fraction of sp³-hybridized carbons (Fsp3) is 0.800. The van der Waals surface area contributed by atoms with Crippen LogP contribution in [0.4, 0.5) is 0 Å². The Labute approximate surface area is 116 Å². The first kappa shape index (κ1) is 14.5. The smallest absolute Gasteiger partial charge is 0.0951 e. The zero-order valence-corrected chi connectivity index (χ0v) is 12.6. The lowest BCUT2D eigenvalue weighted by atomic mass is 9.64. The molecule has 1 heterocycles. The third-order valence-corrected chi connectivity index (χ3v) is 4.31. The van der Waals surface area contributed by atoms with E-state index < -0.39 is 0 Å². The molecule has 4 nitrogen and oxygen atoms in total. The van der Waals surface area contributed by atoms with Gasteiger partial charge in [-0.2, -0.15) is 0 Å². The summed E-state index contributed by atoms with van der Waals surface area (Å²) in [6.07, 6.45) is 6.58. The maximum Gasteiger partial charge on any atom is 0.0951 e. The van der Waals surface area contributed by atoms with Gasteiger partial charge in [0.25, 0.3) is 0 Å². The number of nitrogens with one attached hydrogen (secondary N) is 1. The largest absolute Gasteiger partial charge is 0.378 e. The van der Waals surface area contributed by atoms with E-state index in [-0.39, 0.29) is 5.41 Å². The summed E-state index contributed by atoms with van der Waals surface area (Å²) in [6, 6.07) is 0.505. The van der Waals surface area contributed by atoms with E-state index in [0.717, 1.165) is 32.5 Å². The van der Waals surface area contributed by atoms with Crippen molar-refractivity contribution in [2.75, 3.05) is 13.2 Å². The topological polar surface area (TPSA) is 39.1 Å². The van der Waals surface area contributed by atoms with Crippen LogP contribution in [0.15, 0.2) is 12.5 Å². The zero-order chi connectivity index (χ0) is 13.9. The van der Waals surface area contributed by atoms with Crippen LogP contribution in [0.3, 0.4) is 0 Å². The van der Waals surface area contributed by atoms with Crippen molar-refractivity contribution in [1.29, 1.82) is 0 Å². The van der Waals surface area contributed by atoms with Gasteiger partial charge in [0.1, 0.15) is 0 Å². The number of ether oxygens (including phenoxy) is 1. The highest BCUT2D eigenvalue weighted by atomic mass is 16.5. The lowest BCUT2D eigenvalue weighted by Crippen LogP contribution is -2.51. The number of aromatic nitrogens is 2. The Morgan fingerprint density at radius 1 is 1.47 bits per heavy atom. The first-order valence-electron chi connectivity index (χ1n) is 7.44. The molecular weight excluding hydrogens is 238 g/mol. The summed E-state index contributed by atoms with van der Waals surface area (Å²) < 4.78 is 8.14. The number of rotatable bonds is 7. The van der Waals surface area contributed by atoms with E-state index in [1.165, 1.54) is 5.69 Å². The van der Waals surface area contributed by atoms with Crippen LogP contribution in [-0.4, -0.2) is 28.8 Å². The fourth-order valence-corrected chi connectivity index (χ4v) is 2.96. The van der Waals surface area contributed by atoms with Gasteiger partial charge in [0.15, 0.2) is 0 Å². The molecule has 0 amide bonds. The van der Waals surface area contributed by atoms with Crippen LogP contribution >= 0.6 is 0 Å². The summed E-state index contributed by atoms with van der Waals surface area (Å²) in [4.78, 5) is 4.32. The third kappa shape index (κ3) is 2.84. The number of nitrogens with zero attached hydrogens (tertiary/aromatic N) is 2. The van der Waals surface area contributed by atoms with Gasteiger partial charge in [0, 0.05) is 30.8 Å². The minimum atomic E-state index is 0.191. The molecule has 2 atom stereocenters. The molecule has 2 unspecified atom stereocenters. The van der Waals surface area contributed by atoms with Gasteiger partial charge in [-0.15, -0.1) is 0 Å². The van der Waals surface area contributed by atoms with E-state index in [1.54, 1.807) is 0 Å². The summed E-state index contributed by atoms with van der Waals surface area (Å²) in [5.41, 5.74) is 1.47. The molecule has 0 radical (unpaired) electrons. The van der Waals surface area contributed by atoms with Crippen molar-refractivity contribution in [1.82, 2.24) is 14.9 Å². The minimum absolute atomic E-state index is 0.191. The van der Waals surface area contributed by atoms with E-state index in [0.29, 0.717) is 12.1 Å². The number of hydrogen-bond donors (Lipinski definition) is 1. The molecule has 0 aromatic carbocycles. The molecule has 2 rings (SSSR count). The minimum Gasteiger partial charge on any atom is -0.378 e. The van der Waals surface area contributed by atoms with Gasteiger partial charge in [-0.25, -0.2) is 4.98 Å². The second-order valence-electron chi connectivity index (χ2n) is 5.99. The fourth-order valence-electron chi connectivity index (χ4n) is 2.96. The summed E-state index contributed by atoms with van der Waals surface area (Å²) in [7, 11) is 0. The molecule has 0 spiro atoms. The van der Waals surface area contributed by atoms with Crippen molar-refractivity contribution >= 4 is 0 Å². The van der Waals surface area contributed by atoms with Crippen LogP contribution in [0.5, 0.6) is 0 Å². The van der Waals surface area contributed by atoms with Gasteiger partial charge < -0.3 is 14.6 Å². The van der Waals surface area contributed by atoms with Crippen LogP contribution in [0.2, 0.25) is 0 Å². The Hall–Kier alpha value is -0.870. The van der Waals surface area contributed by atoms with Crippen LogP contribution in [0.1, 0.15) is 52.3 Å². The standard InChI is InChI=1S/C15H27N3O/c1-5-7-16-9-12-10-17-11-18(12)13-8-14(19-6-2)15(13,3)4/h10-11,13-14,16H,5-9H2,1-4H3. The SMILES string of the molecule is CCCNCc1cncn1C1CC(OCC)C1(C)C. The second kappa shape index (κ2) is 6.06. The number of imidazole rings is 1. The Balaban J connectivity index is 2.01. The van der Waals surface area contributed by atoms with Crippen LogP contribution in [0.25, 0.3) is 0 Å². The van der Waals surface area contributed by atoms with Gasteiger partial charge in [0.2, 0.25) is 0 Å². The average Bonchev–Trinajstić information content (AvgIpc) is 2.82. The molecule has 0 bridgehead atoms. The van der Waals surface area contributed by atoms with E-state index in [1.807, 2.05) is 12.5 Å². The Kier molecular flexibility index (Phi) is 4.63. The summed E-state index contributed by atoms with van der Waals surface area (Å²) in [6.45, 7) is 11.6. The van der Waals surface area contributed by atoms with Crippen molar-refractivity contribution in [3.05, 3.63) is 18.2 Å². The Morgan fingerprint density at radius 3 is 2.89 bits per heavy atom. The van der Waals surface area contributed by atoms with Crippen LogP contribution in [-0.2, 0) is 11.3 Å².